The summed E-state index contributed by atoms with van der Waals surface area (Å²) >= 11 is 0. The Morgan fingerprint density at radius 3 is 2.27 bits per heavy atom. The zero-order valence-electron chi connectivity index (χ0n) is 15.3. The van der Waals surface area contributed by atoms with Gasteiger partial charge in [0.15, 0.2) is 0 Å². The van der Waals surface area contributed by atoms with Gasteiger partial charge in [-0.15, -0.1) is 12.4 Å². The number of amides is 1. The maximum atomic E-state index is 12.6. The Bertz CT molecular complexity index is 674. The first kappa shape index (κ1) is 22.7. The summed E-state index contributed by atoms with van der Waals surface area (Å²) in [5.41, 5.74) is 0. The number of piperidine rings is 1. The van der Waals surface area contributed by atoms with Crippen LogP contribution in [0.1, 0.15) is 26.7 Å². The summed E-state index contributed by atoms with van der Waals surface area (Å²) in [6.45, 7) is 5.36. The summed E-state index contributed by atoms with van der Waals surface area (Å²) < 4.78 is 32.8. The number of nitrogens with one attached hydrogen (secondary N) is 3. The standard InChI is InChI=1S/C17H27N3O4S.ClH/c1-12(2)16(17(21)19-13-8-10-18-11-9-13)20-25(22,23)15-6-4-14(24-3)5-7-15;/h4-7,12-13,16,18,20H,8-11H2,1-3H3,(H,19,21);1H. The van der Waals surface area contributed by atoms with Crippen LogP contribution in [-0.2, 0) is 14.8 Å². The summed E-state index contributed by atoms with van der Waals surface area (Å²) in [6.07, 6.45) is 1.70. The Morgan fingerprint density at radius 2 is 1.77 bits per heavy atom. The summed E-state index contributed by atoms with van der Waals surface area (Å²) in [5, 5.41) is 6.20. The smallest absolute Gasteiger partial charge is 0.241 e. The van der Waals surface area contributed by atoms with Gasteiger partial charge in [-0.2, -0.15) is 4.72 Å². The van der Waals surface area contributed by atoms with E-state index >= 15 is 0 Å². The lowest BCUT2D eigenvalue weighted by Crippen LogP contribution is -2.53. The molecule has 1 aromatic carbocycles. The van der Waals surface area contributed by atoms with Crippen LogP contribution in [0.15, 0.2) is 29.2 Å². The Labute approximate surface area is 161 Å². The van der Waals surface area contributed by atoms with Crippen molar-refractivity contribution >= 4 is 28.3 Å². The highest BCUT2D eigenvalue weighted by molar-refractivity contribution is 7.89. The molecule has 0 bridgehead atoms. The van der Waals surface area contributed by atoms with Gasteiger partial charge in [-0.05, 0) is 56.1 Å². The molecule has 0 saturated carbocycles. The molecule has 0 spiro atoms. The second-order valence-electron chi connectivity index (χ2n) is 6.55. The molecule has 0 aromatic heterocycles. The van der Waals surface area contributed by atoms with Crippen LogP contribution in [0.5, 0.6) is 5.75 Å². The van der Waals surface area contributed by atoms with Crippen molar-refractivity contribution in [2.24, 2.45) is 5.92 Å². The van der Waals surface area contributed by atoms with Crippen LogP contribution in [0, 0.1) is 5.92 Å². The van der Waals surface area contributed by atoms with Gasteiger partial charge in [0.25, 0.3) is 0 Å². The number of hydrogen-bond donors (Lipinski definition) is 3. The first-order valence-corrected chi connectivity index (χ1v) is 9.99. The normalized spacial score (nSPS) is 16.6. The Hall–Kier alpha value is -1.35. The van der Waals surface area contributed by atoms with Crippen molar-refractivity contribution in [2.75, 3.05) is 20.2 Å². The predicted octanol–water partition coefficient (Wildman–Crippen LogP) is 1.29. The minimum absolute atomic E-state index is 0. The van der Waals surface area contributed by atoms with Gasteiger partial charge in [0.05, 0.1) is 12.0 Å². The lowest BCUT2D eigenvalue weighted by atomic mass is 10.0. The number of carbonyl (C=O) groups is 1. The Morgan fingerprint density at radius 1 is 1.19 bits per heavy atom. The van der Waals surface area contributed by atoms with Crippen LogP contribution in [0.25, 0.3) is 0 Å². The predicted molar refractivity (Wildman–Crippen MR) is 103 cm³/mol. The highest BCUT2D eigenvalue weighted by atomic mass is 35.5. The maximum absolute atomic E-state index is 12.6. The summed E-state index contributed by atoms with van der Waals surface area (Å²) in [6, 6.07) is 5.34. The van der Waals surface area contributed by atoms with Crippen LogP contribution < -0.4 is 20.1 Å². The average Bonchev–Trinajstić information content (AvgIpc) is 2.60. The fraction of sp³-hybridized carbons (Fsp3) is 0.588. The van der Waals surface area contributed by atoms with Crippen molar-refractivity contribution < 1.29 is 17.9 Å². The molecular formula is C17H28ClN3O4S. The first-order valence-electron chi connectivity index (χ1n) is 8.51. The van der Waals surface area contributed by atoms with Crippen molar-refractivity contribution in [2.45, 2.75) is 43.7 Å². The zero-order chi connectivity index (χ0) is 18.4. The van der Waals surface area contributed by atoms with Crippen LogP contribution in [-0.4, -0.2) is 46.6 Å². The first-order chi connectivity index (χ1) is 11.8. The molecule has 1 atom stereocenters. The second kappa shape index (κ2) is 10.1. The zero-order valence-corrected chi connectivity index (χ0v) is 17.0. The van der Waals surface area contributed by atoms with E-state index in [1.165, 1.54) is 19.2 Å². The van der Waals surface area contributed by atoms with E-state index in [-0.39, 0.29) is 35.2 Å². The number of sulfonamides is 1. The average molecular weight is 406 g/mol. The lowest BCUT2D eigenvalue weighted by Gasteiger charge is -2.28. The van der Waals surface area contributed by atoms with E-state index in [0.717, 1.165) is 25.9 Å². The van der Waals surface area contributed by atoms with E-state index in [2.05, 4.69) is 15.4 Å². The summed E-state index contributed by atoms with van der Waals surface area (Å²) in [5.74, 6) is 0.122. The van der Waals surface area contributed by atoms with Crippen LogP contribution >= 0.6 is 12.4 Å². The quantitative estimate of drug-likeness (QED) is 0.635. The van der Waals surface area contributed by atoms with E-state index in [0.29, 0.717) is 5.75 Å². The Balaban J connectivity index is 0.00000338. The van der Waals surface area contributed by atoms with Crippen molar-refractivity contribution in [1.29, 1.82) is 0 Å². The number of methoxy groups -OCH3 is 1. The van der Waals surface area contributed by atoms with Crippen LogP contribution in [0.3, 0.4) is 0 Å². The molecule has 7 nitrogen and oxygen atoms in total. The largest absolute Gasteiger partial charge is 0.497 e. The highest BCUT2D eigenvalue weighted by Gasteiger charge is 2.30. The highest BCUT2D eigenvalue weighted by Crippen LogP contribution is 2.17. The molecule has 1 unspecified atom stereocenters. The Kier molecular flexibility index (Phi) is 8.82. The summed E-state index contributed by atoms with van der Waals surface area (Å²) in [4.78, 5) is 12.7. The number of benzene rings is 1. The van der Waals surface area contributed by atoms with E-state index in [4.69, 9.17) is 4.74 Å². The number of halogens is 1. The fourth-order valence-corrected chi connectivity index (χ4v) is 4.08. The minimum Gasteiger partial charge on any atom is -0.497 e. The van der Waals surface area contributed by atoms with E-state index in [1.54, 1.807) is 12.1 Å². The second-order valence-corrected chi connectivity index (χ2v) is 8.27. The van der Waals surface area contributed by atoms with Gasteiger partial charge in [0.1, 0.15) is 11.8 Å². The third-order valence-electron chi connectivity index (χ3n) is 4.29. The molecule has 1 aliphatic rings. The molecule has 2 rings (SSSR count). The van der Waals surface area contributed by atoms with Gasteiger partial charge in [-0.3, -0.25) is 4.79 Å². The molecule has 148 valence electrons. The van der Waals surface area contributed by atoms with Crippen LogP contribution in [0.4, 0.5) is 0 Å². The molecule has 1 amide bonds. The molecule has 0 radical (unpaired) electrons. The van der Waals surface area contributed by atoms with E-state index in [1.807, 2.05) is 13.8 Å². The topological polar surface area (TPSA) is 96.5 Å². The van der Waals surface area contributed by atoms with E-state index in [9.17, 15) is 13.2 Å². The molecule has 1 heterocycles. The van der Waals surface area contributed by atoms with Crippen molar-refractivity contribution in [3.05, 3.63) is 24.3 Å². The number of ether oxygens (including phenoxy) is 1. The number of carbonyl (C=O) groups excluding carboxylic acids is 1. The maximum Gasteiger partial charge on any atom is 0.241 e. The molecule has 0 aliphatic carbocycles. The molecule has 1 aromatic rings. The SMILES string of the molecule is COc1ccc(S(=O)(=O)NC(C(=O)NC2CCNCC2)C(C)C)cc1.Cl. The van der Waals surface area contributed by atoms with Crippen molar-refractivity contribution in [1.82, 2.24) is 15.4 Å². The molecule has 9 heteroatoms. The lowest BCUT2D eigenvalue weighted by molar-refractivity contribution is -0.124. The van der Waals surface area contributed by atoms with Gasteiger partial charge in [0, 0.05) is 6.04 Å². The van der Waals surface area contributed by atoms with Crippen molar-refractivity contribution in [3.63, 3.8) is 0 Å². The van der Waals surface area contributed by atoms with Gasteiger partial charge in [0.2, 0.25) is 15.9 Å². The van der Waals surface area contributed by atoms with E-state index < -0.39 is 16.1 Å². The minimum atomic E-state index is -3.79. The van der Waals surface area contributed by atoms with Gasteiger partial charge >= 0.3 is 0 Å². The van der Waals surface area contributed by atoms with Gasteiger partial charge in [-0.25, -0.2) is 8.42 Å². The van der Waals surface area contributed by atoms with Gasteiger partial charge < -0.3 is 15.4 Å². The number of rotatable bonds is 7. The van der Waals surface area contributed by atoms with Crippen molar-refractivity contribution in [3.8, 4) is 5.75 Å². The molecule has 1 saturated heterocycles. The monoisotopic (exact) mass is 405 g/mol. The third-order valence-corrected chi connectivity index (χ3v) is 5.74. The fourth-order valence-electron chi connectivity index (χ4n) is 2.74. The molecular weight excluding hydrogens is 378 g/mol. The third kappa shape index (κ3) is 6.12. The number of hydrogen-bond acceptors (Lipinski definition) is 5. The molecule has 1 aliphatic heterocycles. The summed E-state index contributed by atoms with van der Waals surface area (Å²) in [7, 11) is -2.28. The molecule has 3 N–H and O–H groups in total. The molecule has 26 heavy (non-hydrogen) atoms. The molecule has 1 fully saturated rings. The van der Waals surface area contributed by atoms with Gasteiger partial charge in [-0.1, -0.05) is 13.8 Å². The van der Waals surface area contributed by atoms with Crippen LogP contribution in [0.2, 0.25) is 0 Å².